The largest absolute Gasteiger partial charge is 0.350 e. The summed E-state index contributed by atoms with van der Waals surface area (Å²) in [6, 6.07) is 9.41. The highest BCUT2D eigenvalue weighted by Gasteiger charge is 2.30. The molecular weight excluding hydrogens is 494 g/mol. The van der Waals surface area contributed by atoms with Crippen molar-refractivity contribution in [3.8, 4) is 0 Å². The van der Waals surface area contributed by atoms with Crippen LogP contribution in [0.15, 0.2) is 36.4 Å². The molecule has 0 aliphatic carbocycles. The minimum Gasteiger partial charge on any atom is -0.350 e. The highest BCUT2D eigenvalue weighted by molar-refractivity contribution is 6.42. The topological polar surface area (TPSA) is 87.5 Å². The third kappa shape index (κ3) is 6.50. The Morgan fingerprint density at radius 3 is 2.56 bits per heavy atom. The summed E-state index contributed by atoms with van der Waals surface area (Å²) in [5, 5.41) is 8.01. The lowest BCUT2D eigenvalue weighted by Crippen LogP contribution is -2.49. The van der Waals surface area contributed by atoms with E-state index in [1.807, 2.05) is 6.07 Å². The van der Waals surface area contributed by atoms with Gasteiger partial charge in [0.05, 0.1) is 16.1 Å². The third-order valence-electron chi connectivity index (χ3n) is 5.32. The van der Waals surface area contributed by atoms with Crippen LogP contribution in [-0.4, -0.2) is 48.4 Å². The van der Waals surface area contributed by atoms with Crippen LogP contribution in [-0.2, 0) is 11.3 Å². The molecule has 10 heteroatoms. The third-order valence-corrected chi connectivity index (χ3v) is 6.64. The van der Waals surface area contributed by atoms with Gasteiger partial charge in [-0.1, -0.05) is 52.5 Å². The summed E-state index contributed by atoms with van der Waals surface area (Å²) in [4.78, 5) is 27.4. The molecule has 2 atom stereocenters. The molecule has 0 aromatic heterocycles. The normalized spacial score (nSPS) is 19.0. The average Bonchev–Trinajstić information content (AvgIpc) is 2.90. The average molecular weight is 518 g/mol. The van der Waals surface area contributed by atoms with Crippen LogP contribution in [0.5, 0.6) is 0 Å². The van der Waals surface area contributed by atoms with Crippen molar-refractivity contribution in [3.63, 3.8) is 0 Å². The molecule has 32 heavy (non-hydrogen) atoms. The van der Waals surface area contributed by atoms with Crippen molar-refractivity contribution >= 4 is 58.2 Å². The van der Waals surface area contributed by atoms with Gasteiger partial charge in [0.1, 0.15) is 0 Å². The smallest absolute Gasteiger partial charge is 0.251 e. The maximum atomic E-state index is 13.1. The summed E-state index contributed by atoms with van der Waals surface area (Å²) in [6.45, 7) is 1.60. The van der Waals surface area contributed by atoms with E-state index in [-0.39, 0.29) is 17.9 Å². The van der Waals surface area contributed by atoms with Gasteiger partial charge in [-0.2, -0.15) is 0 Å². The van der Waals surface area contributed by atoms with Gasteiger partial charge in [-0.05, 0) is 55.3 Å². The first kappa shape index (κ1) is 25.1. The molecule has 6 nitrogen and oxygen atoms in total. The number of hydrogen-bond donors (Lipinski definition) is 3. The Hall–Kier alpha value is -1.54. The molecule has 1 heterocycles. The fourth-order valence-electron chi connectivity index (χ4n) is 3.58. The summed E-state index contributed by atoms with van der Waals surface area (Å²) in [5.41, 5.74) is 6.98. The standard InChI is InChI=1S/C22H24Cl4N4O2/c23-15-3-1-14(18(25)10-15)12-30-8-6-16(29-20(5-7-27)22(30)32)11-28-21(31)13-2-4-17(24)19(26)9-13/h1-4,9-10,16,20,29H,5-8,11-12,27H2,(H,28,31). The number of nitrogens with one attached hydrogen (secondary N) is 2. The van der Waals surface area contributed by atoms with Crippen LogP contribution in [0.25, 0.3) is 0 Å². The Morgan fingerprint density at radius 1 is 1.09 bits per heavy atom. The molecule has 0 radical (unpaired) electrons. The minimum absolute atomic E-state index is 0.0419. The molecule has 1 aliphatic rings. The Kier molecular flexibility index (Phi) is 9.05. The molecular formula is C22H24Cl4N4O2. The lowest BCUT2D eigenvalue weighted by Gasteiger charge is -2.25. The monoisotopic (exact) mass is 516 g/mol. The molecule has 2 amide bonds. The molecule has 1 fully saturated rings. The van der Waals surface area contributed by atoms with Crippen molar-refractivity contribution in [2.45, 2.75) is 31.5 Å². The zero-order chi connectivity index (χ0) is 23.3. The predicted octanol–water partition coefficient (Wildman–Crippen LogP) is 4.14. The Labute approximate surface area is 207 Å². The second-order valence-corrected chi connectivity index (χ2v) is 9.27. The lowest BCUT2D eigenvalue weighted by molar-refractivity contribution is -0.133. The van der Waals surface area contributed by atoms with Crippen LogP contribution in [0.1, 0.15) is 28.8 Å². The van der Waals surface area contributed by atoms with E-state index in [4.69, 9.17) is 52.1 Å². The number of rotatable bonds is 7. The summed E-state index contributed by atoms with van der Waals surface area (Å²) < 4.78 is 0. The van der Waals surface area contributed by atoms with Gasteiger partial charge < -0.3 is 21.3 Å². The molecule has 0 spiro atoms. The van der Waals surface area contributed by atoms with Crippen molar-refractivity contribution in [2.24, 2.45) is 5.73 Å². The second-order valence-electron chi connectivity index (χ2n) is 7.62. The van der Waals surface area contributed by atoms with Gasteiger partial charge in [0.15, 0.2) is 0 Å². The predicted molar refractivity (Wildman–Crippen MR) is 130 cm³/mol. The fraction of sp³-hybridized carbons (Fsp3) is 0.364. The first-order valence-electron chi connectivity index (χ1n) is 10.2. The number of benzene rings is 2. The highest BCUT2D eigenvalue weighted by Crippen LogP contribution is 2.24. The SMILES string of the molecule is NCCC1NC(CNC(=O)c2ccc(Cl)c(Cl)c2)CCN(Cc2ccc(Cl)cc2Cl)C1=O. The molecule has 0 saturated carbocycles. The van der Waals surface area contributed by atoms with Crippen LogP contribution in [0.3, 0.4) is 0 Å². The van der Waals surface area contributed by atoms with E-state index >= 15 is 0 Å². The van der Waals surface area contributed by atoms with E-state index in [1.54, 1.807) is 29.2 Å². The van der Waals surface area contributed by atoms with Crippen molar-refractivity contribution in [1.82, 2.24) is 15.5 Å². The number of carbonyl (C=O) groups is 2. The molecule has 1 saturated heterocycles. The van der Waals surface area contributed by atoms with E-state index in [0.29, 0.717) is 64.7 Å². The minimum atomic E-state index is -0.444. The summed E-state index contributed by atoms with van der Waals surface area (Å²) in [7, 11) is 0. The molecule has 2 unspecified atom stereocenters. The first-order valence-corrected chi connectivity index (χ1v) is 11.7. The fourth-order valence-corrected chi connectivity index (χ4v) is 4.35. The number of hydrogen-bond acceptors (Lipinski definition) is 4. The molecule has 0 bridgehead atoms. The van der Waals surface area contributed by atoms with Gasteiger partial charge in [-0.3, -0.25) is 9.59 Å². The van der Waals surface area contributed by atoms with Crippen LogP contribution in [0.4, 0.5) is 0 Å². The quantitative estimate of drug-likeness (QED) is 0.515. The lowest BCUT2D eigenvalue weighted by atomic mass is 10.1. The van der Waals surface area contributed by atoms with Gasteiger partial charge in [0, 0.05) is 41.3 Å². The molecule has 3 rings (SSSR count). The zero-order valence-corrected chi connectivity index (χ0v) is 20.2. The van der Waals surface area contributed by atoms with E-state index in [1.165, 1.54) is 6.07 Å². The molecule has 4 N–H and O–H groups in total. The number of halogens is 4. The number of nitrogens with zero attached hydrogens (tertiary/aromatic N) is 1. The molecule has 2 aromatic rings. The second kappa shape index (κ2) is 11.5. The number of carbonyl (C=O) groups excluding carboxylic acids is 2. The Morgan fingerprint density at radius 2 is 1.88 bits per heavy atom. The van der Waals surface area contributed by atoms with Crippen molar-refractivity contribution in [1.29, 1.82) is 0 Å². The first-order chi connectivity index (χ1) is 15.3. The van der Waals surface area contributed by atoms with E-state index in [0.717, 1.165) is 5.56 Å². The maximum absolute atomic E-state index is 13.1. The van der Waals surface area contributed by atoms with E-state index in [9.17, 15) is 9.59 Å². The van der Waals surface area contributed by atoms with Crippen LogP contribution < -0.4 is 16.4 Å². The summed E-state index contributed by atoms with van der Waals surface area (Å²) in [5.74, 6) is -0.305. The maximum Gasteiger partial charge on any atom is 0.251 e. The summed E-state index contributed by atoms with van der Waals surface area (Å²) >= 11 is 24.2. The Balaban J connectivity index is 1.66. The van der Waals surface area contributed by atoms with Gasteiger partial charge in [-0.25, -0.2) is 0 Å². The Bertz CT molecular complexity index is 988. The number of amides is 2. The van der Waals surface area contributed by atoms with Crippen LogP contribution >= 0.6 is 46.4 Å². The van der Waals surface area contributed by atoms with Crippen molar-refractivity contribution in [3.05, 3.63) is 67.6 Å². The van der Waals surface area contributed by atoms with Crippen molar-refractivity contribution in [2.75, 3.05) is 19.6 Å². The van der Waals surface area contributed by atoms with E-state index in [2.05, 4.69) is 10.6 Å². The summed E-state index contributed by atoms with van der Waals surface area (Å²) in [6.07, 6.45) is 1.14. The van der Waals surface area contributed by atoms with Crippen molar-refractivity contribution < 1.29 is 9.59 Å². The molecule has 172 valence electrons. The van der Waals surface area contributed by atoms with Crippen LogP contribution in [0.2, 0.25) is 20.1 Å². The number of nitrogens with two attached hydrogens (primary N) is 1. The van der Waals surface area contributed by atoms with Gasteiger partial charge in [-0.15, -0.1) is 0 Å². The van der Waals surface area contributed by atoms with Gasteiger partial charge in [0.25, 0.3) is 5.91 Å². The van der Waals surface area contributed by atoms with E-state index < -0.39 is 6.04 Å². The molecule has 2 aromatic carbocycles. The van der Waals surface area contributed by atoms with Gasteiger partial charge in [0.2, 0.25) is 5.91 Å². The van der Waals surface area contributed by atoms with Crippen LogP contribution in [0, 0.1) is 0 Å². The highest BCUT2D eigenvalue weighted by atomic mass is 35.5. The van der Waals surface area contributed by atoms with Gasteiger partial charge >= 0.3 is 0 Å². The molecule has 1 aliphatic heterocycles. The zero-order valence-electron chi connectivity index (χ0n) is 17.2.